The van der Waals surface area contributed by atoms with Gasteiger partial charge >= 0.3 is 0 Å². The molecule has 0 bridgehead atoms. The molecule has 0 aliphatic heterocycles. The Labute approximate surface area is 147 Å². The molecule has 4 rings (SSSR count). The van der Waals surface area contributed by atoms with Gasteiger partial charge in [-0.1, -0.05) is 67.8 Å². The van der Waals surface area contributed by atoms with Gasteiger partial charge in [-0.2, -0.15) is 0 Å². The predicted octanol–water partition coefficient (Wildman–Crippen LogP) is 4.36. The van der Waals surface area contributed by atoms with Crippen LogP contribution in [-0.4, -0.2) is 22.1 Å². The fraction of sp³-hybridized carbons (Fsp3) is 0.286. The molecule has 1 saturated carbocycles. The van der Waals surface area contributed by atoms with Crippen LogP contribution in [0.25, 0.3) is 22.2 Å². The maximum Gasteiger partial charge on any atom is 0.254 e. The molecule has 1 aliphatic rings. The van der Waals surface area contributed by atoms with Crippen molar-refractivity contribution in [2.75, 3.05) is 0 Å². The molecule has 1 aromatic heterocycles. The zero-order valence-electron chi connectivity index (χ0n) is 14.1. The molecule has 0 unspecified atom stereocenters. The molecule has 0 saturated heterocycles. The Morgan fingerprint density at radius 2 is 1.60 bits per heavy atom. The first kappa shape index (κ1) is 15.8. The standard InChI is InChI=1S/C21H21N3O/c25-21(22-16-11-5-2-6-12-16)19-17-13-7-8-14-18(17)23-24-20(19)15-9-3-1-4-10-15/h1,3-4,7-10,13-14,16H,2,5-6,11-12H2,(H,22,25). The van der Waals surface area contributed by atoms with Crippen molar-refractivity contribution in [3.8, 4) is 11.3 Å². The molecular weight excluding hydrogens is 310 g/mol. The Hall–Kier alpha value is -2.75. The van der Waals surface area contributed by atoms with E-state index < -0.39 is 0 Å². The average Bonchev–Trinajstić information content (AvgIpc) is 2.68. The second kappa shape index (κ2) is 7.01. The molecule has 0 atom stereocenters. The summed E-state index contributed by atoms with van der Waals surface area (Å²) in [5, 5.41) is 12.8. The Morgan fingerprint density at radius 3 is 2.40 bits per heavy atom. The van der Waals surface area contributed by atoms with Gasteiger partial charge in [-0.05, 0) is 18.9 Å². The predicted molar refractivity (Wildman–Crippen MR) is 99.3 cm³/mol. The second-order valence-electron chi connectivity index (χ2n) is 6.62. The summed E-state index contributed by atoms with van der Waals surface area (Å²) in [7, 11) is 0. The van der Waals surface area contributed by atoms with Gasteiger partial charge in [0.15, 0.2) is 0 Å². The van der Waals surface area contributed by atoms with Crippen molar-refractivity contribution in [1.82, 2.24) is 15.5 Å². The van der Waals surface area contributed by atoms with Crippen LogP contribution in [-0.2, 0) is 0 Å². The third-order valence-electron chi connectivity index (χ3n) is 4.88. The van der Waals surface area contributed by atoms with Crippen LogP contribution in [0.15, 0.2) is 54.6 Å². The molecule has 0 spiro atoms. The van der Waals surface area contributed by atoms with Gasteiger partial charge in [0.1, 0.15) is 5.69 Å². The molecule has 4 heteroatoms. The van der Waals surface area contributed by atoms with Crippen molar-refractivity contribution in [2.45, 2.75) is 38.1 Å². The van der Waals surface area contributed by atoms with Crippen LogP contribution in [0.2, 0.25) is 0 Å². The van der Waals surface area contributed by atoms with Gasteiger partial charge in [0.2, 0.25) is 0 Å². The van der Waals surface area contributed by atoms with Gasteiger partial charge in [0, 0.05) is 17.0 Å². The van der Waals surface area contributed by atoms with Crippen LogP contribution in [0, 0.1) is 0 Å². The van der Waals surface area contributed by atoms with Crippen LogP contribution < -0.4 is 5.32 Å². The largest absolute Gasteiger partial charge is 0.349 e. The molecule has 2 aromatic carbocycles. The molecule has 126 valence electrons. The molecule has 25 heavy (non-hydrogen) atoms. The smallest absolute Gasteiger partial charge is 0.254 e. The summed E-state index contributed by atoms with van der Waals surface area (Å²) in [6.07, 6.45) is 5.75. The second-order valence-corrected chi connectivity index (χ2v) is 6.62. The zero-order chi connectivity index (χ0) is 17.1. The lowest BCUT2D eigenvalue weighted by atomic mass is 9.94. The van der Waals surface area contributed by atoms with E-state index in [0.717, 1.165) is 29.3 Å². The third-order valence-corrected chi connectivity index (χ3v) is 4.88. The van der Waals surface area contributed by atoms with Gasteiger partial charge in [-0.25, -0.2) is 0 Å². The number of amides is 1. The first-order chi connectivity index (χ1) is 12.3. The Morgan fingerprint density at radius 1 is 0.880 bits per heavy atom. The number of nitrogens with zero attached hydrogens (tertiary/aromatic N) is 2. The maximum atomic E-state index is 13.1. The number of fused-ring (bicyclic) bond motifs is 1. The summed E-state index contributed by atoms with van der Waals surface area (Å²) in [4.78, 5) is 13.1. The van der Waals surface area contributed by atoms with E-state index in [1.807, 2.05) is 54.6 Å². The molecule has 4 nitrogen and oxygen atoms in total. The SMILES string of the molecule is O=C(NC1CCCCC1)c1c(-c2ccccc2)nnc2ccccc12. The first-order valence-electron chi connectivity index (χ1n) is 8.94. The van der Waals surface area contributed by atoms with Gasteiger partial charge in [-0.3, -0.25) is 4.79 Å². The lowest BCUT2D eigenvalue weighted by molar-refractivity contribution is 0.0929. The lowest BCUT2D eigenvalue weighted by Crippen LogP contribution is -2.36. The summed E-state index contributed by atoms with van der Waals surface area (Å²) in [5.41, 5.74) is 2.93. The molecule has 0 radical (unpaired) electrons. The number of nitrogens with one attached hydrogen (secondary N) is 1. The molecule has 1 aliphatic carbocycles. The highest BCUT2D eigenvalue weighted by Crippen LogP contribution is 2.27. The van der Waals surface area contributed by atoms with E-state index in [1.54, 1.807) is 0 Å². The van der Waals surface area contributed by atoms with Crippen molar-refractivity contribution in [3.05, 3.63) is 60.2 Å². The quantitative estimate of drug-likeness (QED) is 0.776. The fourth-order valence-electron chi connectivity index (χ4n) is 3.59. The van der Waals surface area contributed by atoms with Gasteiger partial charge in [-0.15, -0.1) is 10.2 Å². The van der Waals surface area contributed by atoms with Crippen molar-refractivity contribution in [2.24, 2.45) is 0 Å². The number of carbonyl (C=O) groups is 1. The van der Waals surface area contributed by atoms with E-state index in [9.17, 15) is 4.79 Å². The van der Waals surface area contributed by atoms with Crippen LogP contribution >= 0.6 is 0 Å². The number of rotatable bonds is 3. The topological polar surface area (TPSA) is 54.9 Å². The van der Waals surface area contributed by atoms with Crippen LogP contribution in [0.5, 0.6) is 0 Å². The summed E-state index contributed by atoms with van der Waals surface area (Å²) in [6, 6.07) is 17.8. The molecule has 1 N–H and O–H groups in total. The van der Waals surface area contributed by atoms with Crippen molar-refractivity contribution in [1.29, 1.82) is 0 Å². The molecule has 3 aromatic rings. The van der Waals surface area contributed by atoms with Gasteiger partial charge in [0.05, 0.1) is 11.1 Å². The van der Waals surface area contributed by atoms with Crippen molar-refractivity contribution < 1.29 is 4.79 Å². The number of aromatic nitrogens is 2. The summed E-state index contributed by atoms with van der Waals surface area (Å²) in [5.74, 6) is -0.0446. The highest BCUT2D eigenvalue weighted by atomic mass is 16.1. The minimum Gasteiger partial charge on any atom is -0.349 e. The van der Waals surface area contributed by atoms with Crippen molar-refractivity contribution >= 4 is 16.8 Å². The van der Waals surface area contributed by atoms with E-state index in [4.69, 9.17) is 0 Å². The monoisotopic (exact) mass is 331 g/mol. The summed E-state index contributed by atoms with van der Waals surface area (Å²) >= 11 is 0. The number of hydrogen-bond acceptors (Lipinski definition) is 3. The minimum atomic E-state index is -0.0446. The van der Waals surface area contributed by atoms with Gasteiger partial charge in [0.25, 0.3) is 5.91 Å². The number of hydrogen-bond donors (Lipinski definition) is 1. The molecular formula is C21H21N3O. The molecule has 1 heterocycles. The zero-order valence-corrected chi connectivity index (χ0v) is 14.1. The van der Waals surface area contributed by atoms with Crippen molar-refractivity contribution in [3.63, 3.8) is 0 Å². The number of carbonyl (C=O) groups excluding carboxylic acids is 1. The summed E-state index contributed by atoms with van der Waals surface area (Å²) < 4.78 is 0. The van der Waals surface area contributed by atoms with Gasteiger partial charge < -0.3 is 5.32 Å². The number of benzene rings is 2. The van der Waals surface area contributed by atoms with E-state index in [1.165, 1.54) is 19.3 Å². The Kier molecular flexibility index (Phi) is 4.42. The van der Waals surface area contributed by atoms with E-state index >= 15 is 0 Å². The normalized spacial score (nSPS) is 15.2. The Bertz CT molecular complexity index is 886. The minimum absolute atomic E-state index is 0.0446. The first-order valence-corrected chi connectivity index (χ1v) is 8.94. The van der Waals surface area contributed by atoms with Crippen LogP contribution in [0.4, 0.5) is 0 Å². The summed E-state index contributed by atoms with van der Waals surface area (Å²) in [6.45, 7) is 0. The molecule has 1 amide bonds. The van der Waals surface area contributed by atoms with E-state index in [0.29, 0.717) is 11.3 Å². The average molecular weight is 331 g/mol. The van der Waals surface area contributed by atoms with Crippen LogP contribution in [0.3, 0.4) is 0 Å². The maximum absolute atomic E-state index is 13.1. The third kappa shape index (κ3) is 3.25. The van der Waals surface area contributed by atoms with Crippen LogP contribution in [0.1, 0.15) is 42.5 Å². The van der Waals surface area contributed by atoms with E-state index in [2.05, 4.69) is 15.5 Å². The van der Waals surface area contributed by atoms with E-state index in [-0.39, 0.29) is 11.9 Å². The molecule has 1 fully saturated rings. The highest BCUT2D eigenvalue weighted by Gasteiger charge is 2.22. The Balaban J connectivity index is 1.80. The lowest BCUT2D eigenvalue weighted by Gasteiger charge is -2.23. The highest BCUT2D eigenvalue weighted by molar-refractivity contribution is 6.10. The fourth-order valence-corrected chi connectivity index (χ4v) is 3.59.